The van der Waals surface area contributed by atoms with Gasteiger partial charge in [-0.25, -0.2) is 0 Å². The lowest BCUT2D eigenvalue weighted by molar-refractivity contribution is -0.146. The zero-order valence-electron chi connectivity index (χ0n) is 13.2. The maximum absolute atomic E-state index is 12.1. The molecule has 2 rings (SSSR count). The largest absolute Gasteiger partial charge is 0.481 e. The molecular weight excluding hydrogens is 298 g/mol. The summed E-state index contributed by atoms with van der Waals surface area (Å²) in [5.41, 5.74) is -0.237. The van der Waals surface area contributed by atoms with Gasteiger partial charge in [-0.2, -0.15) is 4.80 Å². The Morgan fingerprint density at radius 1 is 1.30 bits per heavy atom. The van der Waals surface area contributed by atoms with Gasteiger partial charge in [0, 0.05) is 12.1 Å². The third-order valence-electron chi connectivity index (χ3n) is 3.47. The number of tetrazole rings is 1. The fourth-order valence-corrected chi connectivity index (χ4v) is 1.73. The molecule has 0 radical (unpaired) electrons. The molecule has 1 atom stereocenters. The molecule has 23 heavy (non-hydrogen) atoms. The molecule has 2 N–H and O–H groups in total. The van der Waals surface area contributed by atoms with Crippen LogP contribution in [0.1, 0.15) is 26.8 Å². The average molecular weight is 317 g/mol. The average Bonchev–Trinajstić information content (AvgIpc) is 3.02. The van der Waals surface area contributed by atoms with E-state index in [1.54, 1.807) is 20.8 Å². The van der Waals surface area contributed by atoms with Crippen molar-refractivity contribution < 1.29 is 14.7 Å². The summed E-state index contributed by atoms with van der Waals surface area (Å²) in [6, 6.07) is 8.61. The Labute approximate surface area is 133 Å². The van der Waals surface area contributed by atoms with Crippen molar-refractivity contribution in [3.8, 4) is 11.4 Å². The van der Waals surface area contributed by atoms with Crippen molar-refractivity contribution in [2.45, 2.75) is 26.8 Å². The first kappa shape index (κ1) is 16.6. The quantitative estimate of drug-likeness (QED) is 0.826. The Morgan fingerprint density at radius 3 is 2.57 bits per heavy atom. The van der Waals surface area contributed by atoms with Gasteiger partial charge >= 0.3 is 5.97 Å². The van der Waals surface area contributed by atoms with Gasteiger partial charge in [0.2, 0.25) is 11.7 Å². The predicted octanol–water partition coefficient (Wildman–Crippen LogP) is 1.13. The molecule has 0 spiro atoms. The Hall–Kier alpha value is -2.77. The maximum Gasteiger partial charge on any atom is 0.310 e. The number of aromatic nitrogens is 4. The Balaban J connectivity index is 2.03. The first-order chi connectivity index (χ1) is 10.8. The highest BCUT2D eigenvalue weighted by atomic mass is 16.4. The van der Waals surface area contributed by atoms with Crippen molar-refractivity contribution in [2.75, 3.05) is 6.54 Å². The van der Waals surface area contributed by atoms with Gasteiger partial charge in [-0.15, -0.1) is 10.2 Å². The molecule has 1 aromatic carbocycles. The van der Waals surface area contributed by atoms with Crippen LogP contribution in [0.25, 0.3) is 11.4 Å². The Bertz CT molecular complexity index is 696. The van der Waals surface area contributed by atoms with Crippen LogP contribution >= 0.6 is 0 Å². The summed E-state index contributed by atoms with van der Waals surface area (Å²) in [4.78, 5) is 24.4. The molecule has 1 amide bonds. The molecule has 0 fully saturated rings. The zero-order chi connectivity index (χ0) is 17.0. The van der Waals surface area contributed by atoms with Crippen molar-refractivity contribution in [1.82, 2.24) is 25.5 Å². The second-order valence-electron chi connectivity index (χ2n) is 5.88. The summed E-state index contributed by atoms with van der Waals surface area (Å²) in [7, 11) is 0. The minimum absolute atomic E-state index is 0.0196. The number of hydrogen-bond acceptors (Lipinski definition) is 5. The van der Waals surface area contributed by atoms with Crippen LogP contribution in [0.4, 0.5) is 0 Å². The highest BCUT2D eigenvalue weighted by molar-refractivity contribution is 5.81. The number of aliphatic carboxylic acids is 1. The molecule has 8 nitrogen and oxygen atoms in total. The SMILES string of the molecule is CC(C(=O)NCC(C)(C)C(=O)O)n1nnc(-c2ccccc2)n1. The van der Waals surface area contributed by atoms with E-state index in [1.807, 2.05) is 30.3 Å². The minimum Gasteiger partial charge on any atom is -0.481 e. The van der Waals surface area contributed by atoms with Crippen LogP contribution < -0.4 is 5.32 Å². The number of hydrogen-bond donors (Lipinski definition) is 2. The van der Waals surface area contributed by atoms with Crippen molar-refractivity contribution in [2.24, 2.45) is 5.41 Å². The molecule has 1 unspecified atom stereocenters. The molecule has 122 valence electrons. The molecule has 0 aliphatic carbocycles. The van der Waals surface area contributed by atoms with Crippen LogP contribution in [0.5, 0.6) is 0 Å². The van der Waals surface area contributed by atoms with Crippen molar-refractivity contribution in [3.05, 3.63) is 30.3 Å². The van der Waals surface area contributed by atoms with Crippen LogP contribution in [0.3, 0.4) is 0 Å². The van der Waals surface area contributed by atoms with E-state index in [0.717, 1.165) is 5.56 Å². The lowest BCUT2D eigenvalue weighted by Gasteiger charge is -2.20. The van der Waals surface area contributed by atoms with E-state index in [9.17, 15) is 9.59 Å². The first-order valence-electron chi connectivity index (χ1n) is 7.17. The number of carbonyl (C=O) groups excluding carboxylic acids is 1. The highest BCUT2D eigenvalue weighted by Crippen LogP contribution is 2.15. The van der Waals surface area contributed by atoms with E-state index in [2.05, 4.69) is 20.7 Å². The molecule has 2 aromatic rings. The van der Waals surface area contributed by atoms with Gasteiger partial charge in [-0.3, -0.25) is 9.59 Å². The van der Waals surface area contributed by atoms with Gasteiger partial charge in [-0.05, 0) is 26.0 Å². The Kier molecular flexibility index (Phi) is 4.73. The lowest BCUT2D eigenvalue weighted by Crippen LogP contribution is -2.41. The van der Waals surface area contributed by atoms with Crippen LogP contribution in [0.15, 0.2) is 30.3 Å². The lowest BCUT2D eigenvalue weighted by atomic mass is 9.94. The molecule has 0 aliphatic heterocycles. The van der Waals surface area contributed by atoms with Gasteiger partial charge in [-0.1, -0.05) is 30.3 Å². The Morgan fingerprint density at radius 2 is 1.96 bits per heavy atom. The van der Waals surface area contributed by atoms with E-state index >= 15 is 0 Å². The molecular formula is C15H19N5O3. The topological polar surface area (TPSA) is 110 Å². The molecule has 0 saturated carbocycles. The third kappa shape index (κ3) is 3.91. The number of carbonyl (C=O) groups is 2. The fourth-order valence-electron chi connectivity index (χ4n) is 1.73. The van der Waals surface area contributed by atoms with Crippen molar-refractivity contribution in [1.29, 1.82) is 0 Å². The molecule has 0 bridgehead atoms. The predicted molar refractivity (Wildman–Crippen MR) is 82.4 cm³/mol. The number of nitrogens with zero attached hydrogens (tertiary/aromatic N) is 4. The number of carboxylic acids is 1. The van der Waals surface area contributed by atoms with E-state index in [0.29, 0.717) is 5.82 Å². The summed E-state index contributed by atoms with van der Waals surface area (Å²) < 4.78 is 0. The molecule has 0 aliphatic rings. The zero-order valence-corrected chi connectivity index (χ0v) is 13.2. The molecule has 8 heteroatoms. The van der Waals surface area contributed by atoms with Gasteiger partial charge in [0.25, 0.3) is 0 Å². The summed E-state index contributed by atoms with van der Waals surface area (Å²) in [5, 5.41) is 23.7. The minimum atomic E-state index is -1.04. The number of benzene rings is 1. The van der Waals surface area contributed by atoms with E-state index in [1.165, 1.54) is 4.80 Å². The molecule has 1 aromatic heterocycles. The number of amides is 1. The van der Waals surface area contributed by atoms with Crippen LogP contribution in [0, 0.1) is 5.41 Å². The number of rotatable bonds is 6. The smallest absolute Gasteiger partial charge is 0.310 e. The second kappa shape index (κ2) is 6.55. The molecule has 1 heterocycles. The third-order valence-corrected chi connectivity index (χ3v) is 3.47. The first-order valence-corrected chi connectivity index (χ1v) is 7.17. The summed E-state index contributed by atoms with van der Waals surface area (Å²) in [5.74, 6) is -0.914. The van der Waals surface area contributed by atoms with E-state index < -0.39 is 17.4 Å². The van der Waals surface area contributed by atoms with Crippen molar-refractivity contribution >= 4 is 11.9 Å². The number of nitrogens with one attached hydrogen (secondary N) is 1. The summed E-state index contributed by atoms with van der Waals surface area (Å²) in [6.45, 7) is 4.73. The van der Waals surface area contributed by atoms with Crippen LogP contribution in [-0.2, 0) is 9.59 Å². The summed E-state index contributed by atoms with van der Waals surface area (Å²) in [6.07, 6.45) is 0. The van der Waals surface area contributed by atoms with Crippen molar-refractivity contribution in [3.63, 3.8) is 0 Å². The van der Waals surface area contributed by atoms with Crippen LogP contribution in [0.2, 0.25) is 0 Å². The molecule has 0 saturated heterocycles. The fraction of sp³-hybridized carbons (Fsp3) is 0.400. The van der Waals surface area contributed by atoms with Gasteiger partial charge < -0.3 is 10.4 Å². The van der Waals surface area contributed by atoms with E-state index in [-0.39, 0.29) is 12.5 Å². The highest BCUT2D eigenvalue weighted by Gasteiger charge is 2.29. The van der Waals surface area contributed by atoms with Crippen LogP contribution in [-0.4, -0.2) is 43.7 Å². The van der Waals surface area contributed by atoms with E-state index in [4.69, 9.17) is 5.11 Å². The van der Waals surface area contributed by atoms with Gasteiger partial charge in [0.05, 0.1) is 5.41 Å². The number of carboxylic acid groups (broad SMARTS) is 1. The monoisotopic (exact) mass is 317 g/mol. The maximum atomic E-state index is 12.1. The van der Waals surface area contributed by atoms with Gasteiger partial charge in [0.15, 0.2) is 0 Å². The second-order valence-corrected chi connectivity index (χ2v) is 5.88. The van der Waals surface area contributed by atoms with Gasteiger partial charge in [0.1, 0.15) is 6.04 Å². The summed E-state index contributed by atoms with van der Waals surface area (Å²) >= 11 is 0. The standard InChI is InChI=1S/C15H19N5O3/c1-10(13(21)16-9-15(2,3)14(22)23)20-18-12(17-19-20)11-7-5-4-6-8-11/h4-8,10H,9H2,1-3H3,(H,16,21)(H,22,23). The normalized spacial score (nSPS) is 12.7.